The second-order valence-electron chi connectivity index (χ2n) is 7.59. The van der Waals surface area contributed by atoms with Crippen LogP contribution in [-0.4, -0.2) is 5.75 Å². The first-order chi connectivity index (χ1) is 9.95. The lowest BCUT2D eigenvalue weighted by Gasteiger charge is -2.15. The lowest BCUT2D eigenvalue weighted by molar-refractivity contribution is 0.389. The van der Waals surface area contributed by atoms with Crippen LogP contribution >= 0.6 is 12.6 Å². The summed E-state index contributed by atoms with van der Waals surface area (Å²) < 4.78 is 0. The highest BCUT2D eigenvalue weighted by molar-refractivity contribution is 7.80. The monoisotopic (exact) mass is 312 g/mol. The van der Waals surface area contributed by atoms with Crippen molar-refractivity contribution in [3.8, 4) is 0 Å². The molecule has 0 radical (unpaired) electrons. The molecule has 0 aliphatic carbocycles. The van der Waals surface area contributed by atoms with E-state index in [0.717, 1.165) is 23.5 Å². The molecule has 21 heavy (non-hydrogen) atoms. The molecule has 0 rings (SSSR count). The molecule has 0 nitrogen and oxygen atoms in total. The second kappa shape index (κ2) is 13.7. The largest absolute Gasteiger partial charge is 0.175 e. The van der Waals surface area contributed by atoms with E-state index < -0.39 is 0 Å². The minimum absolute atomic E-state index is 0.872. The van der Waals surface area contributed by atoms with Gasteiger partial charge in [0, 0.05) is 5.75 Å². The summed E-state index contributed by atoms with van der Waals surface area (Å²) >= 11 is 4.25. The Morgan fingerprint density at radius 1 is 0.810 bits per heavy atom. The van der Waals surface area contributed by atoms with Gasteiger partial charge in [0.05, 0.1) is 0 Å². The fraction of sp³-hybridized carbons (Fsp3) is 0.900. The van der Waals surface area contributed by atoms with Gasteiger partial charge in [-0.1, -0.05) is 84.3 Å². The van der Waals surface area contributed by atoms with Crippen molar-refractivity contribution < 1.29 is 0 Å². The number of thiol groups is 1. The first-order valence-corrected chi connectivity index (χ1v) is 9.85. The van der Waals surface area contributed by atoms with Crippen LogP contribution in [0.2, 0.25) is 0 Å². The van der Waals surface area contributed by atoms with E-state index in [9.17, 15) is 0 Å². The molecule has 0 aliphatic rings. The third-order valence-electron chi connectivity index (χ3n) is 4.58. The second-order valence-corrected chi connectivity index (χ2v) is 7.96. The first-order valence-electron chi connectivity index (χ1n) is 9.22. The molecule has 126 valence electrons. The Kier molecular flexibility index (Phi) is 13.8. The highest BCUT2D eigenvalue weighted by atomic mass is 32.1. The molecule has 0 N–H and O–H groups in total. The van der Waals surface area contributed by atoms with E-state index in [1.165, 1.54) is 63.4 Å². The van der Waals surface area contributed by atoms with E-state index >= 15 is 0 Å². The quantitative estimate of drug-likeness (QED) is 0.267. The van der Waals surface area contributed by atoms with E-state index in [2.05, 4.69) is 53.3 Å². The summed E-state index contributed by atoms with van der Waals surface area (Å²) in [5.74, 6) is 3.58. The summed E-state index contributed by atoms with van der Waals surface area (Å²) in [4.78, 5) is 0. The third kappa shape index (κ3) is 14.8. The zero-order chi connectivity index (χ0) is 16.1. The standard InChI is InChI=1S/C20H40S/c1-17(2)9-6-10-18(3)11-7-12-19(4)13-8-14-20(5)15-16-21/h15,17-19,21H,6-14,16H2,1-5H3/b20-15+/t18-,19+/m0/s1. The summed E-state index contributed by atoms with van der Waals surface area (Å²) in [5, 5.41) is 0. The molecule has 0 aromatic carbocycles. The molecular formula is C20H40S. The van der Waals surface area contributed by atoms with Gasteiger partial charge >= 0.3 is 0 Å². The van der Waals surface area contributed by atoms with Gasteiger partial charge in [0.1, 0.15) is 0 Å². The van der Waals surface area contributed by atoms with E-state index in [1.54, 1.807) is 0 Å². The van der Waals surface area contributed by atoms with Gasteiger partial charge in [0.15, 0.2) is 0 Å². The molecule has 0 heterocycles. The minimum Gasteiger partial charge on any atom is -0.175 e. The van der Waals surface area contributed by atoms with Crippen molar-refractivity contribution >= 4 is 12.6 Å². The molecule has 0 aromatic heterocycles. The van der Waals surface area contributed by atoms with Gasteiger partial charge in [-0.25, -0.2) is 0 Å². The molecule has 1 heteroatoms. The maximum absolute atomic E-state index is 4.25. The molecule has 0 amide bonds. The fourth-order valence-corrected chi connectivity index (χ4v) is 3.28. The Morgan fingerprint density at radius 2 is 1.29 bits per heavy atom. The van der Waals surface area contributed by atoms with Crippen LogP contribution in [0.5, 0.6) is 0 Å². The summed E-state index contributed by atoms with van der Waals surface area (Å²) in [6.45, 7) is 11.8. The van der Waals surface area contributed by atoms with Crippen molar-refractivity contribution in [2.24, 2.45) is 17.8 Å². The van der Waals surface area contributed by atoms with Gasteiger partial charge in [-0.3, -0.25) is 0 Å². The summed E-state index contributed by atoms with van der Waals surface area (Å²) in [5.41, 5.74) is 1.51. The Balaban J connectivity index is 3.52. The molecule has 0 aromatic rings. The number of hydrogen-bond donors (Lipinski definition) is 1. The Bertz CT molecular complexity index is 255. The van der Waals surface area contributed by atoms with Gasteiger partial charge in [-0.05, 0) is 37.5 Å². The van der Waals surface area contributed by atoms with Crippen molar-refractivity contribution in [2.75, 3.05) is 5.75 Å². The average molecular weight is 313 g/mol. The molecular weight excluding hydrogens is 272 g/mol. The molecule has 0 bridgehead atoms. The maximum Gasteiger partial charge on any atom is 0.00850 e. The SMILES string of the molecule is C/C(=C\CS)CCC[C@H](C)CCC[C@@H](C)CCCC(C)C. The number of allylic oxidation sites excluding steroid dienone is 1. The molecule has 0 spiro atoms. The highest BCUT2D eigenvalue weighted by Gasteiger charge is 2.06. The zero-order valence-corrected chi connectivity index (χ0v) is 16.2. The van der Waals surface area contributed by atoms with Gasteiger partial charge < -0.3 is 0 Å². The van der Waals surface area contributed by atoms with E-state index in [4.69, 9.17) is 0 Å². The van der Waals surface area contributed by atoms with Crippen LogP contribution in [0.1, 0.15) is 92.4 Å². The van der Waals surface area contributed by atoms with Crippen molar-refractivity contribution in [3.05, 3.63) is 11.6 Å². The summed E-state index contributed by atoms with van der Waals surface area (Å²) in [6, 6.07) is 0. The van der Waals surface area contributed by atoms with Crippen molar-refractivity contribution in [2.45, 2.75) is 92.4 Å². The molecule has 0 unspecified atom stereocenters. The summed E-state index contributed by atoms with van der Waals surface area (Å²) in [6.07, 6.45) is 14.8. The molecule has 2 atom stereocenters. The van der Waals surface area contributed by atoms with Gasteiger partial charge in [-0.2, -0.15) is 12.6 Å². The number of hydrogen-bond acceptors (Lipinski definition) is 1. The Labute approximate surface area is 140 Å². The predicted octanol–water partition coefficient (Wildman–Crippen LogP) is 7.30. The molecule has 0 fully saturated rings. The van der Waals surface area contributed by atoms with Crippen LogP contribution < -0.4 is 0 Å². The van der Waals surface area contributed by atoms with Crippen LogP contribution in [0, 0.1) is 17.8 Å². The van der Waals surface area contributed by atoms with Gasteiger partial charge in [0.2, 0.25) is 0 Å². The topological polar surface area (TPSA) is 0 Å². The molecule has 0 saturated heterocycles. The van der Waals surface area contributed by atoms with Crippen LogP contribution in [-0.2, 0) is 0 Å². The smallest absolute Gasteiger partial charge is 0.00850 e. The van der Waals surface area contributed by atoms with Gasteiger partial charge in [-0.15, -0.1) is 0 Å². The van der Waals surface area contributed by atoms with Crippen LogP contribution in [0.15, 0.2) is 11.6 Å². The Morgan fingerprint density at radius 3 is 1.76 bits per heavy atom. The predicted molar refractivity (Wildman–Crippen MR) is 102 cm³/mol. The molecule has 0 saturated carbocycles. The van der Waals surface area contributed by atoms with E-state index in [-0.39, 0.29) is 0 Å². The van der Waals surface area contributed by atoms with Crippen LogP contribution in [0.25, 0.3) is 0 Å². The van der Waals surface area contributed by atoms with Crippen molar-refractivity contribution in [1.29, 1.82) is 0 Å². The summed E-state index contributed by atoms with van der Waals surface area (Å²) in [7, 11) is 0. The van der Waals surface area contributed by atoms with Crippen molar-refractivity contribution in [3.63, 3.8) is 0 Å². The van der Waals surface area contributed by atoms with Crippen LogP contribution in [0.4, 0.5) is 0 Å². The van der Waals surface area contributed by atoms with Crippen molar-refractivity contribution in [1.82, 2.24) is 0 Å². The van der Waals surface area contributed by atoms with Crippen LogP contribution in [0.3, 0.4) is 0 Å². The fourth-order valence-electron chi connectivity index (χ4n) is 2.97. The Hall–Kier alpha value is 0.0900. The normalized spacial score (nSPS) is 15.5. The van der Waals surface area contributed by atoms with E-state index in [1.807, 2.05) is 0 Å². The number of rotatable bonds is 13. The lowest BCUT2D eigenvalue weighted by Crippen LogP contribution is -2.00. The van der Waals surface area contributed by atoms with Gasteiger partial charge in [0.25, 0.3) is 0 Å². The zero-order valence-electron chi connectivity index (χ0n) is 15.3. The molecule has 0 aliphatic heterocycles. The lowest BCUT2D eigenvalue weighted by atomic mass is 9.91. The maximum atomic E-state index is 4.25. The van der Waals surface area contributed by atoms with E-state index in [0.29, 0.717) is 0 Å². The minimum atomic E-state index is 0.872. The highest BCUT2D eigenvalue weighted by Crippen LogP contribution is 2.21. The average Bonchev–Trinajstić information content (AvgIpc) is 2.38. The first kappa shape index (κ1) is 21.1. The third-order valence-corrected chi connectivity index (χ3v) is 4.76.